The molecule has 0 saturated carbocycles. The molecule has 1 unspecified atom stereocenters. The van der Waals surface area contributed by atoms with Gasteiger partial charge < -0.3 is 4.74 Å². The van der Waals surface area contributed by atoms with Crippen LogP contribution in [0.4, 0.5) is 5.13 Å². The third-order valence-corrected chi connectivity index (χ3v) is 4.68. The minimum atomic E-state index is -0.0815. The second kappa shape index (κ2) is 8.19. The van der Waals surface area contributed by atoms with Crippen LogP contribution in [0.1, 0.15) is 36.8 Å². The van der Waals surface area contributed by atoms with Gasteiger partial charge in [-0.15, -0.1) is 10.2 Å². The quantitative estimate of drug-likeness (QED) is 0.778. The third-order valence-electron chi connectivity index (χ3n) is 2.70. The molecule has 8 heteroatoms. The Labute approximate surface area is 125 Å². The Morgan fingerprint density at radius 3 is 3.25 bits per heavy atom. The van der Waals surface area contributed by atoms with Crippen LogP contribution in [-0.4, -0.2) is 34.2 Å². The fraction of sp³-hybridized carbons (Fsp3) is 0.667. The first-order valence-corrected chi connectivity index (χ1v) is 8.46. The second-order valence-electron chi connectivity index (χ2n) is 4.31. The van der Waals surface area contributed by atoms with Gasteiger partial charge in [0.15, 0.2) is 0 Å². The molecule has 1 amide bonds. The average Bonchev–Trinajstić information content (AvgIpc) is 3.08. The van der Waals surface area contributed by atoms with Crippen LogP contribution in [0.25, 0.3) is 0 Å². The van der Waals surface area contributed by atoms with Crippen LogP contribution in [0.15, 0.2) is 0 Å². The van der Waals surface area contributed by atoms with Crippen molar-refractivity contribution < 1.29 is 9.53 Å². The number of hydrogen-bond donors (Lipinski definition) is 1. The Morgan fingerprint density at radius 2 is 2.50 bits per heavy atom. The molecule has 0 spiro atoms. The van der Waals surface area contributed by atoms with Crippen molar-refractivity contribution in [2.45, 2.75) is 31.8 Å². The smallest absolute Gasteiger partial charge is 0.236 e. The topological polar surface area (TPSA) is 87.9 Å². The van der Waals surface area contributed by atoms with Gasteiger partial charge in [-0.25, -0.2) is 0 Å². The summed E-state index contributed by atoms with van der Waals surface area (Å²) in [4.78, 5) is 11.7. The number of nitrogens with one attached hydrogen (secondary N) is 1. The Morgan fingerprint density at radius 1 is 1.60 bits per heavy atom. The van der Waals surface area contributed by atoms with E-state index in [0.29, 0.717) is 17.3 Å². The van der Waals surface area contributed by atoms with Gasteiger partial charge in [0.1, 0.15) is 11.1 Å². The molecule has 20 heavy (non-hydrogen) atoms. The molecule has 0 radical (unpaired) electrons. The lowest BCUT2D eigenvalue weighted by Crippen LogP contribution is -2.14. The largest absolute Gasteiger partial charge is 0.371 e. The highest BCUT2D eigenvalue weighted by Gasteiger charge is 2.22. The maximum atomic E-state index is 11.7. The number of thioether (sulfide) groups is 1. The van der Waals surface area contributed by atoms with Gasteiger partial charge in [-0.3, -0.25) is 10.1 Å². The van der Waals surface area contributed by atoms with E-state index >= 15 is 0 Å². The van der Waals surface area contributed by atoms with Gasteiger partial charge in [-0.05, 0) is 25.0 Å². The van der Waals surface area contributed by atoms with Gasteiger partial charge in [0.05, 0.1) is 11.8 Å². The first kappa shape index (κ1) is 15.2. The fourth-order valence-corrected chi connectivity index (χ4v) is 3.36. The van der Waals surface area contributed by atoms with Crippen LogP contribution in [0.5, 0.6) is 0 Å². The Balaban J connectivity index is 1.70. The van der Waals surface area contributed by atoms with Gasteiger partial charge in [0, 0.05) is 13.0 Å². The maximum absolute atomic E-state index is 11.7. The van der Waals surface area contributed by atoms with Crippen molar-refractivity contribution in [1.29, 1.82) is 5.26 Å². The molecule has 1 saturated heterocycles. The number of carbonyl (C=O) groups excluding carboxylic acids is 1. The fourth-order valence-electron chi connectivity index (χ4n) is 1.76. The van der Waals surface area contributed by atoms with E-state index in [1.807, 2.05) is 0 Å². The average molecular weight is 312 g/mol. The molecule has 1 atom stereocenters. The van der Waals surface area contributed by atoms with Crippen molar-refractivity contribution in [3.63, 3.8) is 0 Å². The minimum Gasteiger partial charge on any atom is -0.371 e. The predicted octanol–water partition coefficient (Wildman–Crippen LogP) is 2.37. The molecule has 2 rings (SSSR count). The lowest BCUT2D eigenvalue weighted by atomic mass is 10.2. The number of ether oxygens (including phenoxy) is 1. The van der Waals surface area contributed by atoms with Crippen molar-refractivity contribution in [2.24, 2.45) is 0 Å². The van der Waals surface area contributed by atoms with Crippen molar-refractivity contribution in [2.75, 3.05) is 23.4 Å². The highest BCUT2D eigenvalue weighted by atomic mass is 32.2. The van der Waals surface area contributed by atoms with E-state index in [4.69, 9.17) is 10.00 Å². The van der Waals surface area contributed by atoms with Gasteiger partial charge >= 0.3 is 0 Å². The number of carbonyl (C=O) groups is 1. The lowest BCUT2D eigenvalue weighted by molar-refractivity contribution is -0.113. The Kier molecular flexibility index (Phi) is 6.24. The van der Waals surface area contributed by atoms with Crippen LogP contribution in [0, 0.1) is 11.3 Å². The van der Waals surface area contributed by atoms with Gasteiger partial charge in [0.25, 0.3) is 0 Å². The molecule has 0 bridgehead atoms. The number of anilines is 1. The van der Waals surface area contributed by atoms with Crippen LogP contribution >= 0.6 is 23.1 Å². The van der Waals surface area contributed by atoms with Gasteiger partial charge in [0.2, 0.25) is 11.0 Å². The SMILES string of the molecule is N#CCCCSCC(=O)Nc1nnc(C2CCCO2)s1. The normalized spacial score (nSPS) is 17.9. The van der Waals surface area contributed by atoms with Gasteiger partial charge in [-0.1, -0.05) is 11.3 Å². The molecule has 0 aliphatic carbocycles. The van der Waals surface area contributed by atoms with Crippen molar-refractivity contribution in [1.82, 2.24) is 10.2 Å². The van der Waals surface area contributed by atoms with Crippen LogP contribution < -0.4 is 5.32 Å². The summed E-state index contributed by atoms with van der Waals surface area (Å²) in [5.41, 5.74) is 0. The molecule has 1 aliphatic rings. The van der Waals surface area contributed by atoms with Crippen LogP contribution in [0.2, 0.25) is 0 Å². The Hall–Kier alpha value is -1.17. The maximum Gasteiger partial charge on any atom is 0.236 e. The molecule has 1 N–H and O–H groups in total. The van der Waals surface area contributed by atoms with E-state index < -0.39 is 0 Å². The number of nitriles is 1. The standard InChI is InChI=1S/C12H16N4O2S2/c13-5-1-2-7-19-8-10(17)14-12-16-15-11(20-12)9-4-3-6-18-9/h9H,1-4,6-8H2,(H,14,16,17). The molecule has 0 aromatic carbocycles. The molecule has 1 aromatic rings. The summed E-state index contributed by atoms with van der Waals surface area (Å²) in [5.74, 6) is 1.11. The minimum absolute atomic E-state index is 0.0403. The zero-order valence-corrected chi connectivity index (χ0v) is 12.6. The summed E-state index contributed by atoms with van der Waals surface area (Å²) < 4.78 is 5.52. The summed E-state index contributed by atoms with van der Waals surface area (Å²) in [7, 11) is 0. The second-order valence-corrected chi connectivity index (χ2v) is 6.42. The molecular weight excluding hydrogens is 296 g/mol. The molecule has 108 valence electrons. The summed E-state index contributed by atoms with van der Waals surface area (Å²) in [5, 5.41) is 20.5. The van der Waals surface area contributed by atoms with E-state index in [0.717, 1.165) is 36.6 Å². The third kappa shape index (κ3) is 4.74. The number of rotatable bonds is 7. The molecule has 2 heterocycles. The summed E-state index contributed by atoms with van der Waals surface area (Å²) in [6.45, 7) is 0.769. The van der Waals surface area contributed by atoms with E-state index in [1.54, 1.807) is 0 Å². The number of aromatic nitrogens is 2. The van der Waals surface area contributed by atoms with E-state index in [1.165, 1.54) is 23.1 Å². The zero-order chi connectivity index (χ0) is 14.2. The van der Waals surface area contributed by atoms with E-state index in [9.17, 15) is 4.79 Å². The monoisotopic (exact) mass is 312 g/mol. The van der Waals surface area contributed by atoms with E-state index in [-0.39, 0.29) is 12.0 Å². The number of hydrogen-bond acceptors (Lipinski definition) is 7. The zero-order valence-electron chi connectivity index (χ0n) is 11.0. The van der Waals surface area contributed by atoms with Crippen LogP contribution in [-0.2, 0) is 9.53 Å². The van der Waals surface area contributed by atoms with E-state index in [2.05, 4.69) is 21.6 Å². The summed E-state index contributed by atoms with van der Waals surface area (Å²) >= 11 is 2.90. The first-order valence-electron chi connectivity index (χ1n) is 6.49. The van der Waals surface area contributed by atoms with Crippen LogP contribution in [0.3, 0.4) is 0 Å². The molecular formula is C12H16N4O2S2. The highest BCUT2D eigenvalue weighted by Crippen LogP contribution is 2.31. The highest BCUT2D eigenvalue weighted by molar-refractivity contribution is 7.99. The van der Waals surface area contributed by atoms with Gasteiger partial charge in [-0.2, -0.15) is 17.0 Å². The molecule has 1 aromatic heterocycles. The van der Waals surface area contributed by atoms with Crippen molar-refractivity contribution in [3.8, 4) is 6.07 Å². The summed E-state index contributed by atoms with van der Waals surface area (Å²) in [6, 6.07) is 2.08. The predicted molar refractivity (Wildman–Crippen MR) is 78.6 cm³/mol. The first-order chi connectivity index (χ1) is 9.79. The number of amides is 1. The summed E-state index contributed by atoms with van der Waals surface area (Å²) in [6.07, 6.45) is 3.41. The molecule has 1 fully saturated rings. The molecule has 6 nitrogen and oxygen atoms in total. The van der Waals surface area contributed by atoms with Crippen molar-refractivity contribution >= 4 is 34.1 Å². The lowest BCUT2D eigenvalue weighted by Gasteiger charge is -2.02. The molecule has 1 aliphatic heterocycles. The number of unbranched alkanes of at least 4 members (excludes halogenated alkanes) is 1. The Bertz CT molecular complexity index is 480. The van der Waals surface area contributed by atoms with Crippen molar-refractivity contribution in [3.05, 3.63) is 5.01 Å². The number of nitrogens with zero attached hydrogens (tertiary/aromatic N) is 3.